The maximum atomic E-state index is 12.5. The van der Waals surface area contributed by atoms with Gasteiger partial charge in [-0.05, 0) is 25.0 Å². The summed E-state index contributed by atoms with van der Waals surface area (Å²) in [4.78, 5) is 13.7. The molecule has 6 heteroatoms. The maximum absolute atomic E-state index is 12.5. The molecule has 0 aliphatic carbocycles. The largest absolute Gasteiger partial charge is 0.493 e. The SMILES string of the molecule is COc1cccc(C=CC(=O)N2CCCC2)c1OC(F)F. The van der Waals surface area contributed by atoms with Gasteiger partial charge in [0, 0.05) is 24.7 Å². The van der Waals surface area contributed by atoms with Gasteiger partial charge in [0.05, 0.1) is 7.11 Å². The maximum Gasteiger partial charge on any atom is 0.387 e. The average molecular weight is 297 g/mol. The number of alkyl halides is 2. The van der Waals surface area contributed by atoms with Crippen LogP contribution in [0.25, 0.3) is 6.08 Å². The minimum absolute atomic E-state index is 0.0690. The molecular weight excluding hydrogens is 280 g/mol. The van der Waals surface area contributed by atoms with Gasteiger partial charge in [-0.3, -0.25) is 4.79 Å². The van der Waals surface area contributed by atoms with Crippen molar-refractivity contribution in [1.29, 1.82) is 0 Å². The summed E-state index contributed by atoms with van der Waals surface area (Å²) in [5.41, 5.74) is 0.377. The van der Waals surface area contributed by atoms with Crippen LogP contribution in [0.5, 0.6) is 11.5 Å². The molecule has 21 heavy (non-hydrogen) atoms. The molecule has 0 spiro atoms. The van der Waals surface area contributed by atoms with E-state index in [1.165, 1.54) is 25.3 Å². The molecule has 0 radical (unpaired) electrons. The average Bonchev–Trinajstić information content (AvgIpc) is 2.99. The third kappa shape index (κ3) is 3.93. The Morgan fingerprint density at radius 3 is 2.67 bits per heavy atom. The Kier molecular flexibility index (Phi) is 5.14. The topological polar surface area (TPSA) is 38.8 Å². The van der Waals surface area contributed by atoms with Crippen molar-refractivity contribution in [3.8, 4) is 11.5 Å². The number of carbonyl (C=O) groups is 1. The predicted molar refractivity (Wildman–Crippen MR) is 74.5 cm³/mol. The van der Waals surface area contributed by atoms with Crippen molar-refractivity contribution in [2.24, 2.45) is 0 Å². The second kappa shape index (κ2) is 7.06. The van der Waals surface area contributed by atoms with Crippen molar-refractivity contribution >= 4 is 12.0 Å². The fourth-order valence-corrected chi connectivity index (χ4v) is 2.24. The van der Waals surface area contributed by atoms with Crippen LogP contribution in [-0.4, -0.2) is 37.6 Å². The van der Waals surface area contributed by atoms with Crippen LogP contribution in [0.1, 0.15) is 18.4 Å². The summed E-state index contributed by atoms with van der Waals surface area (Å²) in [5, 5.41) is 0. The number of methoxy groups -OCH3 is 1. The Bertz CT molecular complexity index is 526. The van der Waals surface area contributed by atoms with Gasteiger partial charge in [-0.1, -0.05) is 12.1 Å². The molecule has 4 nitrogen and oxygen atoms in total. The minimum Gasteiger partial charge on any atom is -0.493 e. The summed E-state index contributed by atoms with van der Waals surface area (Å²) in [5.74, 6) is 0.00450. The number of nitrogens with zero attached hydrogens (tertiary/aromatic N) is 1. The Labute approximate surface area is 121 Å². The first-order valence-electron chi connectivity index (χ1n) is 6.70. The number of hydrogen-bond donors (Lipinski definition) is 0. The molecule has 1 aliphatic rings. The third-order valence-electron chi connectivity index (χ3n) is 3.26. The number of carbonyl (C=O) groups excluding carboxylic acids is 1. The molecule has 0 N–H and O–H groups in total. The zero-order valence-electron chi connectivity index (χ0n) is 11.7. The van der Waals surface area contributed by atoms with E-state index in [4.69, 9.17) is 4.74 Å². The number of amides is 1. The van der Waals surface area contributed by atoms with Gasteiger partial charge in [-0.2, -0.15) is 8.78 Å². The van der Waals surface area contributed by atoms with E-state index in [-0.39, 0.29) is 17.4 Å². The van der Waals surface area contributed by atoms with Crippen molar-refractivity contribution in [3.05, 3.63) is 29.8 Å². The third-order valence-corrected chi connectivity index (χ3v) is 3.26. The summed E-state index contributed by atoms with van der Waals surface area (Å²) >= 11 is 0. The van der Waals surface area contributed by atoms with Crippen LogP contribution in [0.15, 0.2) is 24.3 Å². The van der Waals surface area contributed by atoms with Gasteiger partial charge >= 0.3 is 6.61 Å². The number of benzene rings is 1. The van der Waals surface area contributed by atoms with E-state index >= 15 is 0 Å². The quantitative estimate of drug-likeness (QED) is 0.784. The number of para-hydroxylation sites is 1. The highest BCUT2D eigenvalue weighted by Crippen LogP contribution is 2.33. The fourth-order valence-electron chi connectivity index (χ4n) is 2.24. The molecule has 1 aromatic rings. The van der Waals surface area contributed by atoms with Crippen LogP contribution in [-0.2, 0) is 4.79 Å². The van der Waals surface area contributed by atoms with Gasteiger partial charge in [-0.25, -0.2) is 0 Å². The molecule has 0 unspecified atom stereocenters. The monoisotopic (exact) mass is 297 g/mol. The first-order chi connectivity index (χ1) is 10.1. The zero-order chi connectivity index (χ0) is 15.2. The van der Waals surface area contributed by atoms with Gasteiger partial charge in [-0.15, -0.1) is 0 Å². The lowest BCUT2D eigenvalue weighted by molar-refractivity contribution is -0.124. The minimum atomic E-state index is -2.96. The zero-order valence-corrected chi connectivity index (χ0v) is 11.7. The molecule has 0 saturated carbocycles. The van der Waals surface area contributed by atoms with Crippen LogP contribution in [0.4, 0.5) is 8.78 Å². The number of halogens is 2. The van der Waals surface area contributed by atoms with Gasteiger partial charge in [0.25, 0.3) is 0 Å². The van der Waals surface area contributed by atoms with Crippen LogP contribution >= 0.6 is 0 Å². The highest BCUT2D eigenvalue weighted by Gasteiger charge is 2.17. The first-order valence-corrected chi connectivity index (χ1v) is 6.70. The number of rotatable bonds is 5. The lowest BCUT2D eigenvalue weighted by Gasteiger charge is -2.13. The number of likely N-dealkylation sites (tertiary alicyclic amines) is 1. The van der Waals surface area contributed by atoms with Gasteiger partial charge in [0.1, 0.15) is 0 Å². The van der Waals surface area contributed by atoms with E-state index in [1.807, 2.05) is 0 Å². The lowest BCUT2D eigenvalue weighted by Crippen LogP contribution is -2.25. The molecule has 1 saturated heterocycles. The number of hydrogen-bond acceptors (Lipinski definition) is 3. The lowest BCUT2D eigenvalue weighted by atomic mass is 10.1. The molecule has 1 aliphatic heterocycles. The fraction of sp³-hybridized carbons (Fsp3) is 0.400. The predicted octanol–water partition coefficient (Wildman–Crippen LogP) is 2.93. The van der Waals surface area contributed by atoms with Crippen molar-refractivity contribution in [1.82, 2.24) is 4.90 Å². The van der Waals surface area contributed by atoms with Crippen LogP contribution in [0.3, 0.4) is 0 Å². The van der Waals surface area contributed by atoms with Gasteiger partial charge in [0.2, 0.25) is 5.91 Å². The molecule has 1 heterocycles. The Balaban J connectivity index is 2.19. The van der Waals surface area contributed by atoms with Crippen molar-refractivity contribution in [3.63, 3.8) is 0 Å². The molecule has 0 atom stereocenters. The van der Waals surface area contributed by atoms with Crippen molar-refractivity contribution < 1.29 is 23.0 Å². The molecule has 2 rings (SSSR count). The summed E-state index contributed by atoms with van der Waals surface area (Å²) in [6, 6.07) is 4.77. The Hall–Kier alpha value is -2.11. The molecule has 1 aromatic carbocycles. The van der Waals surface area contributed by atoms with Gasteiger partial charge in [0.15, 0.2) is 11.5 Å². The van der Waals surface area contributed by atoms with E-state index in [0.717, 1.165) is 25.9 Å². The van der Waals surface area contributed by atoms with E-state index < -0.39 is 6.61 Å². The van der Waals surface area contributed by atoms with E-state index in [0.29, 0.717) is 5.56 Å². The van der Waals surface area contributed by atoms with Crippen molar-refractivity contribution in [2.75, 3.05) is 20.2 Å². The van der Waals surface area contributed by atoms with Crippen molar-refractivity contribution in [2.45, 2.75) is 19.5 Å². The highest BCUT2D eigenvalue weighted by molar-refractivity contribution is 5.92. The second-order valence-corrected chi connectivity index (χ2v) is 4.62. The van der Waals surface area contributed by atoms with Crippen LogP contribution in [0.2, 0.25) is 0 Å². The first kappa shape index (κ1) is 15.3. The normalized spacial score (nSPS) is 15.0. The molecule has 1 fully saturated rings. The molecule has 0 bridgehead atoms. The van der Waals surface area contributed by atoms with Crippen LogP contribution < -0.4 is 9.47 Å². The Morgan fingerprint density at radius 1 is 1.33 bits per heavy atom. The highest BCUT2D eigenvalue weighted by atomic mass is 19.3. The molecule has 114 valence electrons. The van der Waals surface area contributed by atoms with Gasteiger partial charge < -0.3 is 14.4 Å². The summed E-state index contributed by atoms with van der Waals surface area (Å²) in [7, 11) is 1.37. The Morgan fingerprint density at radius 2 is 2.05 bits per heavy atom. The molecular formula is C15H17F2NO3. The summed E-state index contributed by atoms with van der Waals surface area (Å²) < 4.78 is 34.5. The standard InChI is InChI=1S/C15H17F2NO3/c1-20-12-6-4-5-11(14(12)21-15(16)17)7-8-13(19)18-9-2-3-10-18/h4-8,15H,2-3,9-10H2,1H3. The molecule has 1 amide bonds. The second-order valence-electron chi connectivity index (χ2n) is 4.62. The summed E-state index contributed by atoms with van der Waals surface area (Å²) in [6.07, 6.45) is 4.84. The smallest absolute Gasteiger partial charge is 0.387 e. The number of ether oxygens (including phenoxy) is 2. The van der Waals surface area contributed by atoms with E-state index in [2.05, 4.69) is 4.74 Å². The summed E-state index contributed by atoms with van der Waals surface area (Å²) in [6.45, 7) is -1.48. The van der Waals surface area contributed by atoms with E-state index in [1.54, 1.807) is 17.0 Å². The molecule has 0 aromatic heterocycles. The van der Waals surface area contributed by atoms with E-state index in [9.17, 15) is 13.6 Å². The van der Waals surface area contributed by atoms with Crippen LogP contribution in [0, 0.1) is 0 Å².